The van der Waals surface area contributed by atoms with Crippen LogP contribution < -0.4 is 5.32 Å². The maximum atomic E-state index is 12.3. The molecule has 0 saturated carbocycles. The van der Waals surface area contributed by atoms with Crippen molar-refractivity contribution in [2.45, 2.75) is 44.7 Å². The number of aliphatic hydroxyl groups excluding tert-OH is 1. The van der Waals surface area contributed by atoms with Crippen LogP contribution in [0.15, 0.2) is 36.0 Å². The highest BCUT2D eigenvalue weighted by atomic mass is 16.3. The quantitative estimate of drug-likeness (QED) is 0.782. The molecule has 2 aliphatic rings. The van der Waals surface area contributed by atoms with Gasteiger partial charge in [-0.2, -0.15) is 0 Å². The van der Waals surface area contributed by atoms with Gasteiger partial charge in [0, 0.05) is 50.8 Å². The fourth-order valence-corrected chi connectivity index (χ4v) is 3.69. The second-order valence-corrected chi connectivity index (χ2v) is 6.92. The average molecular weight is 329 g/mol. The summed E-state index contributed by atoms with van der Waals surface area (Å²) >= 11 is 0. The smallest absolute Gasteiger partial charge is 0.224 e. The number of carbonyl (C=O) groups excluding carboxylic acids is 1. The summed E-state index contributed by atoms with van der Waals surface area (Å²) in [7, 11) is 0. The fraction of sp³-hybridized carbons (Fsp3) is 0.579. The lowest BCUT2D eigenvalue weighted by Gasteiger charge is -2.19. The highest BCUT2D eigenvalue weighted by Gasteiger charge is 2.33. The van der Waals surface area contributed by atoms with Gasteiger partial charge in [-0.1, -0.05) is 17.7 Å². The Kier molecular flexibility index (Phi) is 5.99. The molecule has 1 amide bonds. The molecule has 1 aromatic rings. The van der Waals surface area contributed by atoms with Crippen LogP contribution in [0.4, 0.5) is 0 Å². The number of carbonyl (C=O) groups is 1. The van der Waals surface area contributed by atoms with Crippen LogP contribution >= 0.6 is 0 Å². The summed E-state index contributed by atoms with van der Waals surface area (Å²) in [4.78, 5) is 18.9. The summed E-state index contributed by atoms with van der Waals surface area (Å²) in [5, 5.41) is 12.8. The molecule has 2 N–H and O–H groups in total. The summed E-state index contributed by atoms with van der Waals surface area (Å²) in [6.45, 7) is 2.43. The van der Waals surface area contributed by atoms with E-state index in [0.29, 0.717) is 6.42 Å². The van der Waals surface area contributed by atoms with Crippen molar-refractivity contribution in [2.75, 3.05) is 19.7 Å². The van der Waals surface area contributed by atoms with Crippen molar-refractivity contribution in [3.63, 3.8) is 0 Å². The Bertz CT molecular complexity index is 573. The number of hydrogen-bond donors (Lipinski definition) is 2. The Morgan fingerprint density at radius 2 is 2.25 bits per heavy atom. The molecule has 0 aromatic carbocycles. The van der Waals surface area contributed by atoms with Crippen molar-refractivity contribution in [1.82, 2.24) is 15.2 Å². The van der Waals surface area contributed by atoms with Gasteiger partial charge in [-0.25, -0.2) is 0 Å². The molecular weight excluding hydrogens is 302 g/mol. The number of rotatable bonds is 6. The predicted molar refractivity (Wildman–Crippen MR) is 93.2 cm³/mol. The third-order valence-electron chi connectivity index (χ3n) is 4.98. The molecule has 2 heterocycles. The van der Waals surface area contributed by atoms with Crippen LogP contribution in [0.1, 0.15) is 37.8 Å². The number of nitrogens with zero attached hydrogens (tertiary/aromatic N) is 2. The van der Waals surface area contributed by atoms with Gasteiger partial charge in [0.15, 0.2) is 0 Å². The molecule has 0 radical (unpaired) electrons. The first kappa shape index (κ1) is 17.1. The van der Waals surface area contributed by atoms with Crippen molar-refractivity contribution in [1.29, 1.82) is 0 Å². The maximum Gasteiger partial charge on any atom is 0.224 e. The maximum absolute atomic E-state index is 12.3. The molecule has 5 nitrogen and oxygen atoms in total. The highest BCUT2D eigenvalue weighted by molar-refractivity contribution is 5.79. The largest absolute Gasteiger partial charge is 0.396 e. The molecule has 3 rings (SSSR count). The molecule has 0 unspecified atom stereocenters. The van der Waals surface area contributed by atoms with Gasteiger partial charge in [0.25, 0.3) is 0 Å². The van der Waals surface area contributed by atoms with Crippen LogP contribution in [0.5, 0.6) is 0 Å². The Morgan fingerprint density at radius 3 is 2.96 bits per heavy atom. The molecule has 130 valence electrons. The number of likely N-dealkylation sites (tertiary alicyclic amines) is 1. The van der Waals surface area contributed by atoms with Gasteiger partial charge in [0.05, 0.1) is 5.69 Å². The van der Waals surface area contributed by atoms with E-state index in [-0.39, 0.29) is 24.5 Å². The molecule has 1 saturated heterocycles. The lowest BCUT2D eigenvalue weighted by atomic mass is 9.96. The molecule has 0 spiro atoms. The molecule has 0 bridgehead atoms. The number of aromatic nitrogens is 1. The fourth-order valence-electron chi connectivity index (χ4n) is 3.69. The number of aliphatic hydroxyl groups is 1. The van der Waals surface area contributed by atoms with Crippen LogP contribution in [0, 0.1) is 5.92 Å². The van der Waals surface area contributed by atoms with Gasteiger partial charge < -0.3 is 10.4 Å². The average Bonchev–Trinajstić information content (AvgIpc) is 2.98. The van der Waals surface area contributed by atoms with Crippen molar-refractivity contribution in [3.05, 3.63) is 41.7 Å². The van der Waals surface area contributed by atoms with E-state index in [4.69, 9.17) is 0 Å². The molecular formula is C19H27N3O2. The van der Waals surface area contributed by atoms with Crippen molar-refractivity contribution >= 4 is 5.91 Å². The molecule has 1 aliphatic heterocycles. The van der Waals surface area contributed by atoms with Crippen LogP contribution in [0.25, 0.3) is 0 Å². The third kappa shape index (κ3) is 4.65. The first-order chi connectivity index (χ1) is 11.7. The lowest BCUT2D eigenvalue weighted by molar-refractivity contribution is -0.121. The minimum Gasteiger partial charge on any atom is -0.396 e. The minimum absolute atomic E-state index is 0.0235. The summed E-state index contributed by atoms with van der Waals surface area (Å²) in [5.74, 6) is 0.185. The zero-order valence-corrected chi connectivity index (χ0v) is 14.2. The van der Waals surface area contributed by atoms with E-state index in [1.165, 1.54) is 18.4 Å². The van der Waals surface area contributed by atoms with E-state index in [9.17, 15) is 9.90 Å². The topological polar surface area (TPSA) is 65.5 Å². The van der Waals surface area contributed by atoms with E-state index in [0.717, 1.165) is 38.2 Å². The lowest BCUT2D eigenvalue weighted by Crippen LogP contribution is -2.41. The Morgan fingerprint density at radius 1 is 1.33 bits per heavy atom. The second kappa shape index (κ2) is 8.40. The van der Waals surface area contributed by atoms with E-state index in [2.05, 4.69) is 21.3 Å². The molecule has 1 aromatic heterocycles. The summed E-state index contributed by atoms with van der Waals surface area (Å²) in [6, 6.07) is 5.93. The zero-order valence-electron chi connectivity index (χ0n) is 14.2. The molecule has 24 heavy (non-hydrogen) atoms. The third-order valence-corrected chi connectivity index (χ3v) is 4.98. The van der Waals surface area contributed by atoms with Crippen molar-refractivity contribution in [3.8, 4) is 0 Å². The van der Waals surface area contributed by atoms with Crippen molar-refractivity contribution < 1.29 is 9.90 Å². The monoisotopic (exact) mass is 329 g/mol. The molecule has 1 aliphatic carbocycles. The van der Waals surface area contributed by atoms with Crippen LogP contribution in [0.2, 0.25) is 0 Å². The van der Waals surface area contributed by atoms with Gasteiger partial charge in [-0.15, -0.1) is 0 Å². The zero-order chi connectivity index (χ0) is 16.8. The Labute approximate surface area is 143 Å². The molecule has 5 heteroatoms. The molecule has 2 atom stereocenters. The van der Waals surface area contributed by atoms with Crippen LogP contribution in [-0.2, 0) is 11.3 Å². The minimum atomic E-state index is 0.0235. The van der Waals surface area contributed by atoms with Gasteiger partial charge in [-0.3, -0.25) is 14.7 Å². The van der Waals surface area contributed by atoms with Crippen molar-refractivity contribution in [2.24, 2.45) is 5.92 Å². The number of nitrogens with one attached hydrogen (secondary N) is 1. The second-order valence-electron chi connectivity index (χ2n) is 6.92. The summed E-state index contributed by atoms with van der Waals surface area (Å²) in [5.41, 5.74) is 2.29. The van der Waals surface area contributed by atoms with Gasteiger partial charge >= 0.3 is 0 Å². The first-order valence-electron chi connectivity index (χ1n) is 8.95. The van der Waals surface area contributed by atoms with E-state index in [1.807, 2.05) is 18.2 Å². The first-order valence-corrected chi connectivity index (χ1v) is 8.95. The predicted octanol–water partition coefficient (Wildman–Crippen LogP) is 1.88. The SMILES string of the molecule is O=C(CC1=CCCCC1)N[C@@H]1CN(Cc2ccccn2)C[C@H]1CO. The Balaban J connectivity index is 1.52. The highest BCUT2D eigenvalue weighted by Crippen LogP contribution is 2.22. The van der Waals surface area contributed by atoms with Gasteiger partial charge in [0.2, 0.25) is 5.91 Å². The van der Waals surface area contributed by atoms with Gasteiger partial charge in [-0.05, 0) is 37.8 Å². The van der Waals surface area contributed by atoms with Gasteiger partial charge in [0.1, 0.15) is 0 Å². The van der Waals surface area contributed by atoms with Crippen LogP contribution in [0.3, 0.4) is 0 Å². The standard InChI is InChI=1S/C19H27N3O2/c23-14-16-11-22(12-17-8-4-5-9-20-17)13-18(16)21-19(24)10-15-6-2-1-3-7-15/h4-6,8-9,16,18,23H,1-3,7,10-14H2,(H,21,24)/t16-,18+/m0/s1. The summed E-state index contributed by atoms with van der Waals surface area (Å²) in [6.07, 6.45) is 9.11. The normalized spacial score (nSPS) is 24.6. The Hall–Kier alpha value is -1.72. The van der Waals surface area contributed by atoms with E-state index < -0.39 is 0 Å². The van der Waals surface area contributed by atoms with Crippen LogP contribution in [-0.4, -0.2) is 46.6 Å². The number of allylic oxidation sites excluding steroid dienone is 1. The van der Waals surface area contributed by atoms with E-state index >= 15 is 0 Å². The molecule has 1 fully saturated rings. The number of pyridine rings is 1. The van der Waals surface area contributed by atoms with E-state index in [1.54, 1.807) is 6.20 Å². The number of amides is 1. The number of hydrogen-bond acceptors (Lipinski definition) is 4. The summed E-state index contributed by atoms with van der Waals surface area (Å²) < 4.78 is 0.